The molecule has 3 rings (SSSR count). The van der Waals surface area contributed by atoms with Gasteiger partial charge >= 0.3 is 0 Å². The van der Waals surface area contributed by atoms with E-state index in [2.05, 4.69) is 20.5 Å². The van der Waals surface area contributed by atoms with Crippen molar-refractivity contribution in [1.82, 2.24) is 9.97 Å². The molecule has 8 nitrogen and oxygen atoms in total. The number of aromatic nitrogens is 2. The highest BCUT2D eigenvalue weighted by Gasteiger charge is 2.13. The zero-order chi connectivity index (χ0) is 21.0. The van der Waals surface area contributed by atoms with Crippen molar-refractivity contribution < 1.29 is 12.8 Å². The van der Waals surface area contributed by atoms with Crippen molar-refractivity contribution in [2.45, 2.75) is 4.90 Å². The van der Waals surface area contributed by atoms with E-state index in [9.17, 15) is 22.9 Å². The number of anilines is 1. The van der Waals surface area contributed by atoms with Crippen LogP contribution in [-0.2, 0) is 9.84 Å². The monoisotopic (exact) mass is 411 g/mol. The first-order valence-electron chi connectivity index (χ1n) is 8.18. The molecule has 0 unspecified atom stereocenters. The maximum Gasteiger partial charge on any atom is 0.270 e. The zero-order valence-corrected chi connectivity index (χ0v) is 15.9. The van der Waals surface area contributed by atoms with Gasteiger partial charge in [-0.1, -0.05) is 30.3 Å². The molecule has 0 spiro atoms. The van der Waals surface area contributed by atoms with Gasteiger partial charge < -0.3 is 0 Å². The third-order valence-corrected chi connectivity index (χ3v) is 4.96. The Bertz CT molecular complexity index is 1300. The Morgan fingerprint density at radius 3 is 2.62 bits per heavy atom. The Morgan fingerprint density at radius 2 is 1.97 bits per heavy atom. The second kappa shape index (κ2) is 8.04. The molecule has 29 heavy (non-hydrogen) atoms. The largest absolute Gasteiger partial charge is 0.290 e. The van der Waals surface area contributed by atoms with Gasteiger partial charge in [-0.15, -0.1) is 0 Å². The number of hydrazone groups is 1. The molecular formula is C19H14FN5O3S. The first-order valence-corrected chi connectivity index (χ1v) is 10.1. The molecule has 1 heterocycles. The molecule has 0 aliphatic rings. The predicted octanol–water partition coefficient (Wildman–Crippen LogP) is 2.30. The Hall–Kier alpha value is -3.84. The van der Waals surface area contributed by atoms with Crippen LogP contribution in [0.2, 0.25) is 0 Å². The Balaban J connectivity index is 1.94. The normalized spacial score (nSPS) is 11.3. The van der Waals surface area contributed by atoms with Gasteiger partial charge in [0.1, 0.15) is 17.4 Å². The topological polar surface area (TPSA) is 128 Å². The summed E-state index contributed by atoms with van der Waals surface area (Å²) in [5.74, 6) is -0.738. The molecule has 2 aromatic carbocycles. The Morgan fingerprint density at radius 1 is 1.24 bits per heavy atom. The van der Waals surface area contributed by atoms with Crippen LogP contribution in [0.15, 0.2) is 63.3 Å². The molecule has 1 aromatic heterocycles. The van der Waals surface area contributed by atoms with Crippen molar-refractivity contribution in [2.75, 3.05) is 11.7 Å². The van der Waals surface area contributed by atoms with Crippen LogP contribution in [0.4, 0.5) is 10.3 Å². The van der Waals surface area contributed by atoms with Crippen molar-refractivity contribution >= 4 is 22.0 Å². The van der Waals surface area contributed by atoms with Crippen LogP contribution in [0.25, 0.3) is 11.3 Å². The van der Waals surface area contributed by atoms with E-state index >= 15 is 0 Å². The van der Waals surface area contributed by atoms with Gasteiger partial charge in [-0.05, 0) is 18.2 Å². The Labute approximate surface area is 165 Å². The molecule has 0 bridgehead atoms. The lowest BCUT2D eigenvalue weighted by Gasteiger charge is -2.06. The summed E-state index contributed by atoms with van der Waals surface area (Å²) in [6.07, 6.45) is 2.07. The van der Waals surface area contributed by atoms with Crippen LogP contribution in [0.5, 0.6) is 0 Å². The Kier molecular flexibility index (Phi) is 5.52. The van der Waals surface area contributed by atoms with Gasteiger partial charge in [-0.3, -0.25) is 9.78 Å². The molecule has 3 aromatic rings. The SMILES string of the molecule is CS(=O)(=O)c1ccc(F)c(C=NNc2nc(-c3ccccc3)c(C#N)c(=O)[nH]2)c1. The summed E-state index contributed by atoms with van der Waals surface area (Å²) in [4.78, 5) is 18.7. The minimum Gasteiger partial charge on any atom is -0.290 e. The molecule has 2 N–H and O–H groups in total. The van der Waals surface area contributed by atoms with Crippen molar-refractivity contribution in [3.8, 4) is 17.3 Å². The maximum atomic E-state index is 13.9. The van der Waals surface area contributed by atoms with Crippen molar-refractivity contribution in [3.05, 3.63) is 75.8 Å². The fraction of sp³-hybridized carbons (Fsp3) is 0.0526. The second-order valence-electron chi connectivity index (χ2n) is 5.94. The number of hydrogen-bond donors (Lipinski definition) is 2. The molecule has 0 aliphatic carbocycles. The molecule has 0 saturated heterocycles. The third kappa shape index (κ3) is 4.53. The average molecular weight is 411 g/mol. The van der Waals surface area contributed by atoms with Crippen LogP contribution in [0.1, 0.15) is 11.1 Å². The first kappa shape index (κ1) is 19.9. The van der Waals surface area contributed by atoms with E-state index in [0.29, 0.717) is 5.56 Å². The molecule has 0 radical (unpaired) electrons. The predicted molar refractivity (Wildman–Crippen MR) is 106 cm³/mol. The van der Waals surface area contributed by atoms with Gasteiger partial charge in [-0.25, -0.2) is 23.2 Å². The summed E-state index contributed by atoms with van der Waals surface area (Å²) in [6, 6.07) is 13.8. The minimum absolute atomic E-state index is 0.0587. The van der Waals surface area contributed by atoms with Crippen LogP contribution < -0.4 is 11.0 Å². The van der Waals surface area contributed by atoms with Gasteiger partial charge in [0.05, 0.1) is 16.8 Å². The molecule has 0 fully saturated rings. The fourth-order valence-electron chi connectivity index (χ4n) is 2.45. The van der Waals surface area contributed by atoms with Crippen molar-refractivity contribution in [2.24, 2.45) is 5.10 Å². The minimum atomic E-state index is -3.51. The van der Waals surface area contributed by atoms with E-state index in [4.69, 9.17) is 0 Å². The smallest absolute Gasteiger partial charge is 0.270 e. The highest BCUT2D eigenvalue weighted by atomic mass is 32.2. The lowest BCUT2D eigenvalue weighted by atomic mass is 10.1. The van der Waals surface area contributed by atoms with E-state index in [0.717, 1.165) is 30.7 Å². The van der Waals surface area contributed by atoms with Crippen LogP contribution in [0.3, 0.4) is 0 Å². The summed E-state index contributed by atoms with van der Waals surface area (Å²) in [5.41, 5.74) is 2.30. The van der Waals surface area contributed by atoms with Gasteiger partial charge in [-0.2, -0.15) is 10.4 Å². The number of nitrogens with zero attached hydrogens (tertiary/aromatic N) is 3. The lowest BCUT2D eigenvalue weighted by molar-refractivity contribution is 0.600. The summed E-state index contributed by atoms with van der Waals surface area (Å²) >= 11 is 0. The molecular weight excluding hydrogens is 397 g/mol. The first-order chi connectivity index (χ1) is 13.8. The summed E-state index contributed by atoms with van der Waals surface area (Å²) in [5, 5.41) is 13.0. The highest BCUT2D eigenvalue weighted by Crippen LogP contribution is 2.19. The number of halogens is 1. The molecule has 146 valence electrons. The molecule has 10 heteroatoms. The fourth-order valence-corrected chi connectivity index (χ4v) is 3.11. The summed E-state index contributed by atoms with van der Waals surface area (Å²) in [6.45, 7) is 0. The number of nitriles is 1. The van der Waals surface area contributed by atoms with Crippen LogP contribution in [0, 0.1) is 17.1 Å². The van der Waals surface area contributed by atoms with E-state index in [-0.39, 0.29) is 27.7 Å². The third-order valence-electron chi connectivity index (χ3n) is 3.85. The molecule has 0 aliphatic heterocycles. The summed E-state index contributed by atoms with van der Waals surface area (Å²) < 4.78 is 37.1. The maximum absolute atomic E-state index is 13.9. The quantitative estimate of drug-likeness (QED) is 0.377. The number of rotatable bonds is 5. The second-order valence-corrected chi connectivity index (χ2v) is 7.96. The lowest BCUT2D eigenvalue weighted by Crippen LogP contribution is -2.16. The number of aromatic amines is 1. The molecule has 0 atom stereocenters. The van der Waals surface area contributed by atoms with Gasteiger partial charge in [0.15, 0.2) is 9.84 Å². The number of hydrogen-bond acceptors (Lipinski definition) is 7. The van der Waals surface area contributed by atoms with E-state index in [1.54, 1.807) is 30.3 Å². The van der Waals surface area contributed by atoms with Crippen LogP contribution >= 0.6 is 0 Å². The standard InChI is InChI=1S/C19H14FN5O3S/c1-29(27,28)14-7-8-16(20)13(9-14)11-22-25-19-23-17(12-5-3-2-4-6-12)15(10-21)18(26)24-19/h2-9,11H,1H3,(H2,23,24,25,26). The number of sulfone groups is 1. The zero-order valence-electron chi connectivity index (χ0n) is 15.0. The van der Waals surface area contributed by atoms with E-state index in [1.807, 2.05) is 6.07 Å². The summed E-state index contributed by atoms with van der Waals surface area (Å²) in [7, 11) is -3.51. The molecule has 0 amide bonds. The van der Waals surface area contributed by atoms with Crippen molar-refractivity contribution in [1.29, 1.82) is 5.26 Å². The number of nitrogens with one attached hydrogen (secondary N) is 2. The number of H-pyrrole nitrogens is 1. The van der Waals surface area contributed by atoms with E-state index in [1.165, 1.54) is 0 Å². The van der Waals surface area contributed by atoms with E-state index < -0.39 is 21.2 Å². The van der Waals surface area contributed by atoms with Crippen LogP contribution in [-0.4, -0.2) is 30.9 Å². The van der Waals surface area contributed by atoms with Crippen molar-refractivity contribution in [3.63, 3.8) is 0 Å². The van der Waals surface area contributed by atoms with Gasteiger partial charge in [0, 0.05) is 17.4 Å². The molecule has 0 saturated carbocycles. The average Bonchev–Trinajstić information content (AvgIpc) is 2.69. The van der Waals surface area contributed by atoms with Gasteiger partial charge in [0.2, 0.25) is 5.95 Å². The van der Waals surface area contributed by atoms with Gasteiger partial charge in [0.25, 0.3) is 5.56 Å². The number of benzene rings is 2. The highest BCUT2D eigenvalue weighted by molar-refractivity contribution is 7.90.